The van der Waals surface area contributed by atoms with Crippen LogP contribution in [0.5, 0.6) is 0 Å². The van der Waals surface area contributed by atoms with Crippen LogP contribution >= 0.6 is 0 Å². The SMILES string of the molecule is CC(C)[C@@H]1CCC[C@H]1c1ccccc1. The minimum atomic E-state index is 0.830. The highest BCUT2D eigenvalue weighted by atomic mass is 14.3. The van der Waals surface area contributed by atoms with E-state index in [9.17, 15) is 0 Å². The molecule has 0 heteroatoms. The first-order valence-electron chi connectivity index (χ1n) is 5.84. The molecule has 2 rings (SSSR count). The van der Waals surface area contributed by atoms with E-state index in [1.165, 1.54) is 19.3 Å². The molecule has 1 fully saturated rings. The lowest BCUT2D eigenvalue weighted by Gasteiger charge is -2.23. The fourth-order valence-corrected chi connectivity index (χ4v) is 2.90. The van der Waals surface area contributed by atoms with E-state index < -0.39 is 0 Å². The zero-order chi connectivity index (χ0) is 9.97. The Bertz CT molecular complexity index is 273. The van der Waals surface area contributed by atoms with E-state index in [-0.39, 0.29) is 0 Å². The first-order valence-corrected chi connectivity index (χ1v) is 5.84. The average Bonchev–Trinajstić information content (AvgIpc) is 2.67. The molecule has 0 nitrogen and oxygen atoms in total. The molecule has 0 bridgehead atoms. The summed E-state index contributed by atoms with van der Waals surface area (Å²) >= 11 is 0. The Labute approximate surface area is 87.3 Å². The van der Waals surface area contributed by atoms with Crippen molar-refractivity contribution < 1.29 is 0 Å². The maximum Gasteiger partial charge on any atom is -0.0131 e. The van der Waals surface area contributed by atoms with Crippen molar-refractivity contribution in [2.24, 2.45) is 11.8 Å². The lowest BCUT2D eigenvalue weighted by Crippen LogP contribution is -2.12. The van der Waals surface area contributed by atoms with Gasteiger partial charge in [0.1, 0.15) is 0 Å². The van der Waals surface area contributed by atoms with Crippen LogP contribution in [0.15, 0.2) is 30.3 Å². The van der Waals surface area contributed by atoms with Crippen molar-refractivity contribution in [1.82, 2.24) is 0 Å². The van der Waals surface area contributed by atoms with Gasteiger partial charge in [0.05, 0.1) is 0 Å². The molecule has 2 atom stereocenters. The van der Waals surface area contributed by atoms with Crippen molar-refractivity contribution >= 4 is 0 Å². The van der Waals surface area contributed by atoms with Crippen molar-refractivity contribution in [2.75, 3.05) is 0 Å². The van der Waals surface area contributed by atoms with Crippen LogP contribution in [-0.2, 0) is 0 Å². The van der Waals surface area contributed by atoms with Gasteiger partial charge in [-0.1, -0.05) is 50.6 Å². The summed E-state index contributed by atoms with van der Waals surface area (Å²) < 4.78 is 0. The Morgan fingerprint density at radius 3 is 2.43 bits per heavy atom. The normalized spacial score (nSPS) is 27.1. The van der Waals surface area contributed by atoms with Gasteiger partial charge in [-0.25, -0.2) is 0 Å². The van der Waals surface area contributed by atoms with Gasteiger partial charge in [0.2, 0.25) is 0 Å². The lowest BCUT2D eigenvalue weighted by molar-refractivity contribution is 0.357. The smallest absolute Gasteiger partial charge is 0.0131 e. The van der Waals surface area contributed by atoms with Crippen LogP contribution in [0.2, 0.25) is 0 Å². The summed E-state index contributed by atoms with van der Waals surface area (Å²) in [5.74, 6) is 2.58. The van der Waals surface area contributed by atoms with Crippen LogP contribution in [0.3, 0.4) is 0 Å². The fraction of sp³-hybridized carbons (Fsp3) is 0.571. The first kappa shape index (κ1) is 9.76. The van der Waals surface area contributed by atoms with Crippen molar-refractivity contribution in [3.05, 3.63) is 35.9 Å². The van der Waals surface area contributed by atoms with Gasteiger partial charge in [-0.05, 0) is 36.2 Å². The molecule has 0 radical (unpaired) electrons. The van der Waals surface area contributed by atoms with E-state index in [2.05, 4.69) is 44.2 Å². The molecule has 76 valence electrons. The molecule has 0 aliphatic heterocycles. The van der Waals surface area contributed by atoms with E-state index in [4.69, 9.17) is 0 Å². The number of benzene rings is 1. The van der Waals surface area contributed by atoms with Gasteiger partial charge in [-0.2, -0.15) is 0 Å². The fourth-order valence-electron chi connectivity index (χ4n) is 2.90. The molecule has 1 saturated carbocycles. The van der Waals surface area contributed by atoms with Crippen molar-refractivity contribution in [1.29, 1.82) is 0 Å². The Balaban J connectivity index is 2.18. The van der Waals surface area contributed by atoms with Crippen LogP contribution < -0.4 is 0 Å². The summed E-state index contributed by atoms with van der Waals surface area (Å²) in [6.45, 7) is 4.73. The Morgan fingerprint density at radius 1 is 1.07 bits per heavy atom. The standard InChI is InChI=1S/C14H20/c1-11(2)13-9-6-10-14(13)12-7-4-3-5-8-12/h3-5,7-8,11,13-14H,6,9-10H2,1-2H3/t13-,14-/m0/s1. The molecule has 1 aromatic rings. The zero-order valence-corrected chi connectivity index (χ0v) is 9.24. The molecule has 0 heterocycles. The average molecular weight is 188 g/mol. The monoisotopic (exact) mass is 188 g/mol. The van der Waals surface area contributed by atoms with Gasteiger partial charge >= 0.3 is 0 Å². The summed E-state index contributed by atoms with van der Waals surface area (Å²) in [7, 11) is 0. The van der Waals surface area contributed by atoms with Crippen molar-refractivity contribution in [2.45, 2.75) is 39.0 Å². The van der Waals surface area contributed by atoms with E-state index in [1.54, 1.807) is 5.56 Å². The molecule has 1 aliphatic carbocycles. The third-order valence-electron chi connectivity index (χ3n) is 3.65. The second-order valence-corrected chi connectivity index (χ2v) is 4.86. The molecule has 1 aliphatic rings. The van der Waals surface area contributed by atoms with Crippen molar-refractivity contribution in [3.8, 4) is 0 Å². The number of hydrogen-bond acceptors (Lipinski definition) is 0. The zero-order valence-electron chi connectivity index (χ0n) is 9.24. The second kappa shape index (κ2) is 4.16. The van der Waals surface area contributed by atoms with Crippen LogP contribution in [0.1, 0.15) is 44.6 Å². The topological polar surface area (TPSA) is 0 Å². The number of hydrogen-bond donors (Lipinski definition) is 0. The van der Waals surface area contributed by atoms with E-state index in [0.717, 1.165) is 17.8 Å². The minimum absolute atomic E-state index is 0.830. The van der Waals surface area contributed by atoms with E-state index in [0.29, 0.717) is 0 Å². The van der Waals surface area contributed by atoms with Gasteiger partial charge in [0.15, 0.2) is 0 Å². The van der Waals surface area contributed by atoms with Crippen LogP contribution in [0.25, 0.3) is 0 Å². The Hall–Kier alpha value is -0.780. The highest BCUT2D eigenvalue weighted by molar-refractivity contribution is 5.21. The highest BCUT2D eigenvalue weighted by Gasteiger charge is 2.30. The third-order valence-corrected chi connectivity index (χ3v) is 3.65. The third kappa shape index (κ3) is 1.84. The quantitative estimate of drug-likeness (QED) is 0.651. The molecular weight excluding hydrogens is 168 g/mol. The number of rotatable bonds is 2. The van der Waals surface area contributed by atoms with Crippen LogP contribution in [-0.4, -0.2) is 0 Å². The molecule has 0 saturated heterocycles. The van der Waals surface area contributed by atoms with Gasteiger partial charge in [-0.15, -0.1) is 0 Å². The summed E-state index contributed by atoms with van der Waals surface area (Å²) in [5, 5.41) is 0. The molecule has 0 unspecified atom stereocenters. The highest BCUT2D eigenvalue weighted by Crippen LogP contribution is 2.43. The summed E-state index contributed by atoms with van der Waals surface area (Å²) in [5.41, 5.74) is 1.56. The Kier molecular flexibility index (Phi) is 2.90. The largest absolute Gasteiger partial charge is 0.0625 e. The van der Waals surface area contributed by atoms with Crippen LogP contribution in [0, 0.1) is 11.8 Å². The second-order valence-electron chi connectivity index (χ2n) is 4.86. The lowest BCUT2D eigenvalue weighted by atomic mass is 9.82. The van der Waals surface area contributed by atoms with Gasteiger partial charge in [0.25, 0.3) is 0 Å². The predicted molar refractivity (Wildman–Crippen MR) is 61.4 cm³/mol. The van der Waals surface area contributed by atoms with E-state index in [1.807, 2.05) is 0 Å². The van der Waals surface area contributed by atoms with Crippen molar-refractivity contribution in [3.63, 3.8) is 0 Å². The predicted octanol–water partition coefficient (Wildman–Crippen LogP) is 4.23. The summed E-state index contributed by atoms with van der Waals surface area (Å²) in [6, 6.07) is 11.1. The van der Waals surface area contributed by atoms with E-state index >= 15 is 0 Å². The molecular formula is C14H20. The molecule has 0 aromatic heterocycles. The molecule has 0 spiro atoms. The Morgan fingerprint density at radius 2 is 1.79 bits per heavy atom. The van der Waals surface area contributed by atoms with Gasteiger partial charge in [-0.3, -0.25) is 0 Å². The summed E-state index contributed by atoms with van der Waals surface area (Å²) in [6.07, 6.45) is 4.24. The first-order chi connectivity index (χ1) is 6.79. The molecule has 0 amide bonds. The maximum atomic E-state index is 2.37. The minimum Gasteiger partial charge on any atom is -0.0625 e. The molecule has 14 heavy (non-hydrogen) atoms. The van der Waals surface area contributed by atoms with Gasteiger partial charge < -0.3 is 0 Å². The molecule has 1 aromatic carbocycles. The van der Waals surface area contributed by atoms with Gasteiger partial charge in [0, 0.05) is 0 Å². The molecule has 0 N–H and O–H groups in total. The van der Waals surface area contributed by atoms with Crippen LogP contribution in [0.4, 0.5) is 0 Å². The maximum absolute atomic E-state index is 2.37. The summed E-state index contributed by atoms with van der Waals surface area (Å²) in [4.78, 5) is 0.